The highest BCUT2D eigenvalue weighted by Crippen LogP contribution is 2.30. The summed E-state index contributed by atoms with van der Waals surface area (Å²) in [5.74, 6) is -0.0604. The number of anilines is 1. The zero-order valence-electron chi connectivity index (χ0n) is 19.3. The Hall–Kier alpha value is -4.45. The van der Waals surface area contributed by atoms with E-state index in [1.54, 1.807) is 48.4 Å². The van der Waals surface area contributed by atoms with Crippen LogP contribution in [-0.2, 0) is 0 Å². The van der Waals surface area contributed by atoms with E-state index in [0.29, 0.717) is 46.5 Å². The zero-order valence-corrected chi connectivity index (χ0v) is 19.3. The van der Waals surface area contributed by atoms with Crippen LogP contribution < -0.4 is 9.64 Å². The van der Waals surface area contributed by atoms with E-state index in [0.717, 1.165) is 5.39 Å². The number of methoxy groups -OCH3 is 1. The minimum absolute atomic E-state index is 0.151. The van der Waals surface area contributed by atoms with E-state index < -0.39 is 0 Å². The first-order chi connectivity index (χ1) is 17.1. The molecule has 1 aliphatic rings. The minimum Gasteiger partial charge on any atom is -0.497 e. The third-order valence-electron chi connectivity index (χ3n) is 6.27. The summed E-state index contributed by atoms with van der Waals surface area (Å²) in [5.41, 5.74) is 2.34. The fourth-order valence-electron chi connectivity index (χ4n) is 4.52. The van der Waals surface area contributed by atoms with Crippen molar-refractivity contribution in [2.45, 2.75) is 6.42 Å². The fourth-order valence-corrected chi connectivity index (χ4v) is 4.52. The van der Waals surface area contributed by atoms with Crippen LogP contribution >= 0.6 is 0 Å². The molecular formula is C29H24N2O4. The molecule has 0 radical (unpaired) electrons. The molecule has 1 aliphatic heterocycles. The zero-order chi connectivity index (χ0) is 24.4. The molecule has 0 aromatic heterocycles. The number of carbonyl (C=O) groups is 3. The molecule has 35 heavy (non-hydrogen) atoms. The normalized spacial score (nSPS) is 12.7. The summed E-state index contributed by atoms with van der Waals surface area (Å²) in [4.78, 5) is 42.7. The summed E-state index contributed by atoms with van der Waals surface area (Å²) < 4.78 is 5.25. The molecule has 174 valence electrons. The molecule has 0 saturated carbocycles. The molecule has 1 heterocycles. The van der Waals surface area contributed by atoms with E-state index in [-0.39, 0.29) is 24.3 Å². The first-order valence-corrected chi connectivity index (χ1v) is 11.5. The first-order valence-electron chi connectivity index (χ1n) is 11.5. The summed E-state index contributed by atoms with van der Waals surface area (Å²) in [6.45, 7) is 0.542. The monoisotopic (exact) mass is 464 g/mol. The van der Waals surface area contributed by atoms with Crippen LogP contribution in [0.3, 0.4) is 0 Å². The van der Waals surface area contributed by atoms with Gasteiger partial charge in [-0.1, -0.05) is 42.5 Å². The molecule has 0 unspecified atom stereocenters. The molecular weight excluding hydrogens is 440 g/mol. The van der Waals surface area contributed by atoms with Crippen molar-refractivity contribution in [1.29, 1.82) is 0 Å². The quantitative estimate of drug-likeness (QED) is 0.354. The van der Waals surface area contributed by atoms with Gasteiger partial charge in [0.2, 0.25) is 0 Å². The average molecular weight is 465 g/mol. The molecule has 5 rings (SSSR count). The predicted octanol–water partition coefficient (Wildman–Crippen LogP) is 5.18. The van der Waals surface area contributed by atoms with Crippen LogP contribution in [0.4, 0.5) is 5.69 Å². The number of hydrogen-bond acceptors (Lipinski definition) is 4. The lowest BCUT2D eigenvalue weighted by Crippen LogP contribution is -2.42. The highest BCUT2D eigenvalue weighted by atomic mass is 16.5. The highest BCUT2D eigenvalue weighted by Gasteiger charge is 2.32. The van der Waals surface area contributed by atoms with Crippen LogP contribution in [0.15, 0.2) is 91.0 Å². The summed E-state index contributed by atoms with van der Waals surface area (Å²) in [6.07, 6.45) is 0.431. The van der Waals surface area contributed by atoms with Gasteiger partial charge in [-0.2, -0.15) is 0 Å². The van der Waals surface area contributed by atoms with Gasteiger partial charge < -0.3 is 9.64 Å². The Labute approximate surface area is 203 Å². The van der Waals surface area contributed by atoms with E-state index in [2.05, 4.69) is 0 Å². The largest absolute Gasteiger partial charge is 0.497 e. The van der Waals surface area contributed by atoms with Crippen molar-refractivity contribution in [3.8, 4) is 5.75 Å². The van der Waals surface area contributed by atoms with Gasteiger partial charge in [0, 0.05) is 40.9 Å². The highest BCUT2D eigenvalue weighted by molar-refractivity contribution is 6.25. The van der Waals surface area contributed by atoms with Gasteiger partial charge in [-0.05, 0) is 60.3 Å². The van der Waals surface area contributed by atoms with E-state index in [1.165, 1.54) is 4.90 Å². The number of imide groups is 1. The van der Waals surface area contributed by atoms with Gasteiger partial charge in [-0.25, -0.2) is 0 Å². The minimum atomic E-state index is -0.301. The Balaban J connectivity index is 1.38. The molecule has 0 bridgehead atoms. The SMILES string of the molecule is COc1ccc(N(CCCN2C(=O)c3cccc4cccc(c34)C2=O)C(=O)c2ccccc2)cc1. The van der Waals surface area contributed by atoms with Crippen molar-refractivity contribution < 1.29 is 19.1 Å². The first kappa shape index (κ1) is 22.3. The van der Waals surface area contributed by atoms with E-state index >= 15 is 0 Å². The molecule has 0 N–H and O–H groups in total. The van der Waals surface area contributed by atoms with Crippen molar-refractivity contribution in [2.75, 3.05) is 25.1 Å². The lowest BCUT2D eigenvalue weighted by atomic mass is 9.94. The number of rotatable bonds is 7. The molecule has 4 aromatic rings. The van der Waals surface area contributed by atoms with E-state index in [9.17, 15) is 14.4 Å². The number of nitrogens with zero attached hydrogens (tertiary/aromatic N) is 2. The molecule has 0 atom stereocenters. The summed E-state index contributed by atoms with van der Waals surface area (Å²) in [6, 6.07) is 27.3. The van der Waals surface area contributed by atoms with Gasteiger partial charge in [0.25, 0.3) is 17.7 Å². The summed E-state index contributed by atoms with van der Waals surface area (Å²) in [7, 11) is 1.59. The van der Waals surface area contributed by atoms with E-state index in [1.807, 2.05) is 54.6 Å². The molecule has 4 aromatic carbocycles. The maximum atomic E-state index is 13.3. The van der Waals surface area contributed by atoms with Gasteiger partial charge in [0.1, 0.15) is 5.75 Å². The van der Waals surface area contributed by atoms with Crippen molar-refractivity contribution in [3.63, 3.8) is 0 Å². The summed E-state index contributed by atoms with van der Waals surface area (Å²) in [5, 5.41) is 1.58. The fraction of sp³-hybridized carbons (Fsp3) is 0.138. The third-order valence-corrected chi connectivity index (χ3v) is 6.27. The maximum absolute atomic E-state index is 13.3. The Kier molecular flexibility index (Phi) is 6.02. The van der Waals surface area contributed by atoms with Crippen molar-refractivity contribution in [2.24, 2.45) is 0 Å². The number of benzene rings is 4. The Morgan fingerprint density at radius 1 is 0.800 bits per heavy atom. The second-order valence-electron chi connectivity index (χ2n) is 8.35. The molecule has 6 heteroatoms. The number of carbonyl (C=O) groups excluding carboxylic acids is 3. The third kappa shape index (κ3) is 4.15. The standard InChI is InChI=1S/C29H24N2O4/c1-35-23-16-14-22(15-17-23)30(27(32)21-8-3-2-4-9-21)18-7-19-31-28(33)24-12-5-10-20-11-6-13-25(26(20)24)29(31)34/h2-6,8-17H,7,18-19H2,1H3. The number of amides is 3. The van der Waals surface area contributed by atoms with Crippen molar-refractivity contribution in [3.05, 3.63) is 108 Å². The molecule has 6 nitrogen and oxygen atoms in total. The van der Waals surface area contributed by atoms with E-state index in [4.69, 9.17) is 4.74 Å². The second kappa shape index (κ2) is 9.43. The Morgan fingerprint density at radius 2 is 1.43 bits per heavy atom. The van der Waals surface area contributed by atoms with Crippen LogP contribution in [0, 0.1) is 0 Å². The Morgan fingerprint density at radius 3 is 2.03 bits per heavy atom. The molecule has 0 aliphatic carbocycles. The molecule has 0 saturated heterocycles. The molecule has 0 spiro atoms. The smallest absolute Gasteiger partial charge is 0.261 e. The maximum Gasteiger partial charge on any atom is 0.261 e. The van der Waals surface area contributed by atoms with Crippen LogP contribution in [0.25, 0.3) is 10.8 Å². The van der Waals surface area contributed by atoms with Gasteiger partial charge in [-0.15, -0.1) is 0 Å². The van der Waals surface area contributed by atoms with Crippen LogP contribution in [0.2, 0.25) is 0 Å². The lowest BCUT2D eigenvalue weighted by molar-refractivity contribution is 0.0610. The van der Waals surface area contributed by atoms with Crippen LogP contribution in [0.5, 0.6) is 5.75 Å². The van der Waals surface area contributed by atoms with Gasteiger partial charge >= 0.3 is 0 Å². The predicted molar refractivity (Wildman–Crippen MR) is 135 cm³/mol. The topological polar surface area (TPSA) is 66.9 Å². The van der Waals surface area contributed by atoms with Gasteiger partial charge in [0.05, 0.1) is 7.11 Å². The number of ether oxygens (including phenoxy) is 1. The van der Waals surface area contributed by atoms with Crippen molar-refractivity contribution >= 4 is 34.2 Å². The number of hydrogen-bond donors (Lipinski definition) is 0. The molecule has 3 amide bonds. The summed E-state index contributed by atoms with van der Waals surface area (Å²) >= 11 is 0. The average Bonchev–Trinajstić information content (AvgIpc) is 2.91. The Bertz CT molecular complexity index is 1360. The van der Waals surface area contributed by atoms with Gasteiger partial charge in [0.15, 0.2) is 0 Å². The van der Waals surface area contributed by atoms with Crippen LogP contribution in [0.1, 0.15) is 37.5 Å². The van der Waals surface area contributed by atoms with Gasteiger partial charge in [-0.3, -0.25) is 19.3 Å². The van der Waals surface area contributed by atoms with Crippen LogP contribution in [-0.4, -0.2) is 42.8 Å². The van der Waals surface area contributed by atoms with Crippen molar-refractivity contribution in [1.82, 2.24) is 4.90 Å². The lowest BCUT2D eigenvalue weighted by Gasteiger charge is -2.29. The molecule has 0 fully saturated rings. The second-order valence-corrected chi connectivity index (χ2v) is 8.35.